The van der Waals surface area contributed by atoms with Gasteiger partial charge in [-0.2, -0.15) is 0 Å². The Morgan fingerprint density at radius 3 is 2.13 bits per heavy atom. The zero-order valence-electron chi connectivity index (χ0n) is 21.4. The average Bonchev–Trinajstić information content (AvgIpc) is 2.93. The number of allylic oxidation sites excluding steroid dienone is 3. The molecule has 0 aromatic carbocycles. The number of rotatable bonds is 11. The third kappa shape index (κ3) is 9.60. The molecule has 0 aromatic rings. The normalized spacial score (nSPS) is 36.7. The molecule has 0 spiro atoms. The van der Waals surface area contributed by atoms with Gasteiger partial charge in [-0.25, -0.2) is 0 Å². The standard InChI is InChI=1S/C26H38O13/c1-2-3-4-5-7-10-15(29)16(11-8-6-9-12-27)37-26-24(35)22(33)20(31)18(39-26)14-36-25-23(34)21(32)19(30)17(13-28)38-25/h2-3,8,11,15-35H,6,9,12-14H2,1H3/b3-2+,11-8-/t15?,16?,17-,18-,19-,20-,21+,22+,23-,24-,25-,26-/m1/s1. The molecule has 13 heteroatoms. The van der Waals surface area contributed by atoms with Crippen LogP contribution < -0.4 is 0 Å². The number of hydrogen-bond acceptors (Lipinski definition) is 13. The fourth-order valence-corrected chi connectivity index (χ4v) is 3.73. The zero-order chi connectivity index (χ0) is 28.9. The van der Waals surface area contributed by atoms with Crippen molar-refractivity contribution in [3.8, 4) is 23.7 Å². The molecule has 0 radical (unpaired) electrons. The predicted molar refractivity (Wildman–Crippen MR) is 133 cm³/mol. The summed E-state index contributed by atoms with van der Waals surface area (Å²) in [6.07, 6.45) is -11.2. The lowest BCUT2D eigenvalue weighted by atomic mass is 9.98. The van der Waals surface area contributed by atoms with Crippen molar-refractivity contribution in [1.29, 1.82) is 0 Å². The van der Waals surface area contributed by atoms with Crippen LogP contribution >= 0.6 is 0 Å². The van der Waals surface area contributed by atoms with E-state index in [4.69, 9.17) is 24.1 Å². The molecule has 220 valence electrons. The van der Waals surface area contributed by atoms with Crippen LogP contribution in [0.4, 0.5) is 0 Å². The van der Waals surface area contributed by atoms with E-state index >= 15 is 0 Å². The summed E-state index contributed by atoms with van der Waals surface area (Å²) < 4.78 is 22.0. The maximum Gasteiger partial charge on any atom is 0.187 e. The van der Waals surface area contributed by atoms with Crippen molar-refractivity contribution in [3.05, 3.63) is 24.3 Å². The largest absolute Gasteiger partial charge is 0.396 e. The number of hydrogen-bond donors (Lipinski definition) is 9. The van der Waals surface area contributed by atoms with Crippen LogP contribution in [-0.4, -0.2) is 139 Å². The van der Waals surface area contributed by atoms with Gasteiger partial charge in [0.05, 0.1) is 13.2 Å². The Morgan fingerprint density at radius 1 is 0.846 bits per heavy atom. The molecule has 2 saturated heterocycles. The fraction of sp³-hybridized carbons (Fsp3) is 0.692. The molecule has 0 aromatic heterocycles. The minimum atomic E-state index is -1.76. The molecule has 39 heavy (non-hydrogen) atoms. The van der Waals surface area contributed by atoms with Crippen LogP contribution in [0.1, 0.15) is 19.8 Å². The fourth-order valence-electron chi connectivity index (χ4n) is 3.73. The van der Waals surface area contributed by atoms with Gasteiger partial charge < -0.3 is 64.9 Å². The van der Waals surface area contributed by atoms with E-state index in [0.29, 0.717) is 12.8 Å². The third-order valence-electron chi connectivity index (χ3n) is 6.00. The minimum Gasteiger partial charge on any atom is -0.396 e. The van der Waals surface area contributed by atoms with Crippen LogP contribution in [0.3, 0.4) is 0 Å². The maximum absolute atomic E-state index is 10.6. The van der Waals surface area contributed by atoms with E-state index in [1.54, 1.807) is 25.2 Å². The Kier molecular flexibility index (Phi) is 14.5. The summed E-state index contributed by atoms with van der Waals surface area (Å²) in [5.74, 6) is 10.1. The van der Waals surface area contributed by atoms with Crippen LogP contribution in [0.15, 0.2) is 24.3 Å². The van der Waals surface area contributed by atoms with Gasteiger partial charge in [-0.3, -0.25) is 0 Å². The average molecular weight is 559 g/mol. The molecule has 2 rings (SSSR count). The quantitative estimate of drug-likeness (QED) is 0.0677. The number of aliphatic hydroxyl groups is 9. The molecule has 2 aliphatic rings. The van der Waals surface area contributed by atoms with Crippen molar-refractivity contribution in [3.63, 3.8) is 0 Å². The SMILES string of the molecule is C/C=C/C#CC#CC(O)C(/C=C\CCCO)O[C@@H]1O[C@H](CO[C@@H]2O[C@H](CO)[C@@H](O)[C@H](O)[C@H]2O)[C@@H](O)[C@H](O)[C@H]1O. The minimum absolute atomic E-state index is 0.0522. The Labute approximate surface area is 226 Å². The van der Waals surface area contributed by atoms with Crippen molar-refractivity contribution >= 4 is 0 Å². The van der Waals surface area contributed by atoms with E-state index in [1.165, 1.54) is 6.08 Å². The molecular weight excluding hydrogens is 520 g/mol. The van der Waals surface area contributed by atoms with Gasteiger partial charge in [-0.15, -0.1) is 0 Å². The molecule has 0 amide bonds. The van der Waals surface area contributed by atoms with Crippen molar-refractivity contribution in [2.45, 2.75) is 93.4 Å². The molecule has 0 bridgehead atoms. The second-order valence-corrected chi connectivity index (χ2v) is 8.92. The van der Waals surface area contributed by atoms with Gasteiger partial charge in [0.1, 0.15) is 61.0 Å². The summed E-state index contributed by atoms with van der Waals surface area (Å²) in [4.78, 5) is 0. The monoisotopic (exact) mass is 558 g/mol. The van der Waals surface area contributed by atoms with Crippen LogP contribution in [0.5, 0.6) is 0 Å². The number of unbranched alkanes of at least 4 members (excludes halogenated alkanes) is 1. The van der Waals surface area contributed by atoms with E-state index in [2.05, 4.69) is 23.7 Å². The molecule has 2 unspecified atom stereocenters. The summed E-state index contributed by atoms with van der Waals surface area (Å²) in [6, 6.07) is 0. The Morgan fingerprint density at radius 2 is 1.49 bits per heavy atom. The zero-order valence-corrected chi connectivity index (χ0v) is 21.4. The van der Waals surface area contributed by atoms with Crippen LogP contribution in [-0.2, 0) is 18.9 Å². The first-order valence-corrected chi connectivity index (χ1v) is 12.5. The van der Waals surface area contributed by atoms with E-state index in [9.17, 15) is 40.9 Å². The molecule has 2 aliphatic heterocycles. The van der Waals surface area contributed by atoms with Gasteiger partial charge in [-0.05, 0) is 37.7 Å². The molecule has 0 aliphatic carbocycles. The van der Waals surface area contributed by atoms with Crippen LogP contribution in [0.25, 0.3) is 0 Å². The van der Waals surface area contributed by atoms with Gasteiger partial charge in [0, 0.05) is 6.61 Å². The van der Waals surface area contributed by atoms with E-state index in [-0.39, 0.29) is 6.61 Å². The Hall–Kier alpha value is -1.92. The summed E-state index contributed by atoms with van der Waals surface area (Å²) >= 11 is 0. The van der Waals surface area contributed by atoms with Gasteiger partial charge in [0.25, 0.3) is 0 Å². The van der Waals surface area contributed by atoms with Gasteiger partial charge in [-0.1, -0.05) is 30.1 Å². The number of ether oxygens (including phenoxy) is 4. The summed E-state index contributed by atoms with van der Waals surface area (Å²) in [5, 5.41) is 90.1. The lowest BCUT2D eigenvalue weighted by Crippen LogP contribution is -2.62. The lowest BCUT2D eigenvalue weighted by molar-refractivity contribution is -0.335. The first-order chi connectivity index (χ1) is 18.7. The summed E-state index contributed by atoms with van der Waals surface area (Å²) in [6.45, 7) is 0.519. The van der Waals surface area contributed by atoms with E-state index in [1.807, 2.05) is 0 Å². The molecule has 13 nitrogen and oxygen atoms in total. The lowest BCUT2D eigenvalue weighted by Gasteiger charge is -2.43. The molecule has 2 heterocycles. The summed E-state index contributed by atoms with van der Waals surface area (Å²) in [7, 11) is 0. The summed E-state index contributed by atoms with van der Waals surface area (Å²) in [5.41, 5.74) is 0. The molecule has 12 atom stereocenters. The first-order valence-electron chi connectivity index (χ1n) is 12.5. The van der Waals surface area contributed by atoms with Crippen LogP contribution in [0.2, 0.25) is 0 Å². The highest BCUT2D eigenvalue weighted by Gasteiger charge is 2.48. The maximum atomic E-state index is 10.6. The molecule has 0 saturated carbocycles. The first kappa shape index (κ1) is 33.3. The topological polar surface area (TPSA) is 219 Å². The molecule has 2 fully saturated rings. The number of aliphatic hydroxyl groups excluding tert-OH is 9. The Balaban J connectivity index is 2.13. The van der Waals surface area contributed by atoms with Crippen molar-refractivity contribution in [1.82, 2.24) is 0 Å². The highest BCUT2D eigenvalue weighted by Crippen LogP contribution is 2.27. The second-order valence-electron chi connectivity index (χ2n) is 8.92. The van der Waals surface area contributed by atoms with Gasteiger partial charge in [0.2, 0.25) is 0 Å². The van der Waals surface area contributed by atoms with Gasteiger partial charge >= 0.3 is 0 Å². The molecular formula is C26H38O13. The van der Waals surface area contributed by atoms with Crippen LogP contribution in [0, 0.1) is 23.7 Å². The van der Waals surface area contributed by atoms with E-state index in [0.717, 1.165) is 0 Å². The Bertz CT molecular complexity index is 901. The van der Waals surface area contributed by atoms with E-state index < -0.39 is 86.8 Å². The third-order valence-corrected chi connectivity index (χ3v) is 6.00. The second kappa shape index (κ2) is 17.0. The van der Waals surface area contributed by atoms with Gasteiger partial charge in [0.15, 0.2) is 12.6 Å². The van der Waals surface area contributed by atoms with Crippen molar-refractivity contribution in [2.24, 2.45) is 0 Å². The molecule has 9 N–H and O–H groups in total. The highest BCUT2D eigenvalue weighted by atomic mass is 16.7. The van der Waals surface area contributed by atoms with Crippen molar-refractivity contribution < 1.29 is 64.9 Å². The van der Waals surface area contributed by atoms with Crippen molar-refractivity contribution in [2.75, 3.05) is 19.8 Å². The smallest absolute Gasteiger partial charge is 0.187 e. The highest BCUT2D eigenvalue weighted by molar-refractivity contribution is 5.32. The predicted octanol–water partition coefficient (Wildman–Crippen LogP) is -3.73.